The van der Waals surface area contributed by atoms with Crippen molar-refractivity contribution in [2.45, 2.75) is 46.6 Å². The summed E-state index contributed by atoms with van der Waals surface area (Å²) < 4.78 is 11.1. The lowest BCUT2D eigenvalue weighted by atomic mass is 9.86. The standard InChI is InChI=1S/C17H29NO2/c1-7-18-13(11-12-17(2,3)4)16-14(19-5)9-8-10-15(16)20-6/h8-10,13,18H,7,11-12H2,1-6H3. The van der Waals surface area contributed by atoms with E-state index >= 15 is 0 Å². The molecule has 3 nitrogen and oxygen atoms in total. The molecule has 0 aromatic heterocycles. The average molecular weight is 279 g/mol. The van der Waals surface area contributed by atoms with Crippen molar-refractivity contribution < 1.29 is 9.47 Å². The minimum Gasteiger partial charge on any atom is -0.496 e. The number of rotatable bonds is 7. The summed E-state index contributed by atoms with van der Waals surface area (Å²) in [5.41, 5.74) is 1.45. The van der Waals surface area contributed by atoms with Crippen LogP contribution in [0.15, 0.2) is 18.2 Å². The molecule has 0 heterocycles. The fraction of sp³-hybridized carbons (Fsp3) is 0.647. The largest absolute Gasteiger partial charge is 0.496 e. The Morgan fingerprint density at radius 3 is 2.05 bits per heavy atom. The third-order valence-electron chi connectivity index (χ3n) is 3.45. The van der Waals surface area contributed by atoms with Crippen LogP contribution in [0.3, 0.4) is 0 Å². The lowest BCUT2D eigenvalue weighted by molar-refractivity contribution is 0.319. The molecule has 20 heavy (non-hydrogen) atoms. The molecule has 1 aromatic carbocycles. The molecule has 1 aromatic rings. The summed E-state index contributed by atoms with van der Waals surface area (Å²) >= 11 is 0. The summed E-state index contributed by atoms with van der Waals surface area (Å²) in [5.74, 6) is 1.79. The number of methoxy groups -OCH3 is 2. The Hall–Kier alpha value is -1.22. The molecule has 0 radical (unpaired) electrons. The van der Waals surface area contributed by atoms with E-state index in [9.17, 15) is 0 Å². The van der Waals surface area contributed by atoms with Gasteiger partial charge in [0.2, 0.25) is 0 Å². The van der Waals surface area contributed by atoms with Crippen molar-refractivity contribution in [3.63, 3.8) is 0 Å². The van der Waals surface area contributed by atoms with E-state index in [-0.39, 0.29) is 6.04 Å². The molecule has 0 bridgehead atoms. The number of ether oxygens (including phenoxy) is 2. The zero-order chi connectivity index (χ0) is 15.2. The Morgan fingerprint density at radius 2 is 1.65 bits per heavy atom. The highest BCUT2D eigenvalue weighted by Gasteiger charge is 2.22. The van der Waals surface area contributed by atoms with Gasteiger partial charge >= 0.3 is 0 Å². The Labute approximate surface area is 123 Å². The zero-order valence-corrected chi connectivity index (χ0v) is 13.7. The minimum absolute atomic E-state index is 0.255. The predicted octanol–water partition coefficient (Wildman–Crippen LogP) is 4.18. The third-order valence-corrected chi connectivity index (χ3v) is 3.45. The number of hydrogen-bond donors (Lipinski definition) is 1. The summed E-state index contributed by atoms with van der Waals surface area (Å²) in [7, 11) is 3.43. The molecule has 114 valence electrons. The molecule has 0 aliphatic carbocycles. The first kappa shape index (κ1) is 16.8. The van der Waals surface area contributed by atoms with Crippen molar-refractivity contribution >= 4 is 0 Å². The molecule has 0 amide bonds. The molecule has 0 fully saturated rings. The van der Waals surface area contributed by atoms with E-state index < -0.39 is 0 Å². The molecule has 0 aliphatic rings. The van der Waals surface area contributed by atoms with Crippen molar-refractivity contribution in [3.05, 3.63) is 23.8 Å². The van der Waals surface area contributed by atoms with Gasteiger partial charge in [-0.1, -0.05) is 33.8 Å². The molecule has 0 spiro atoms. The van der Waals surface area contributed by atoms with Gasteiger partial charge in [-0.3, -0.25) is 0 Å². The highest BCUT2D eigenvalue weighted by Crippen LogP contribution is 2.37. The van der Waals surface area contributed by atoms with E-state index in [0.717, 1.165) is 36.4 Å². The number of hydrogen-bond acceptors (Lipinski definition) is 3. The van der Waals surface area contributed by atoms with Crippen LogP contribution in [-0.4, -0.2) is 20.8 Å². The van der Waals surface area contributed by atoms with Crippen molar-refractivity contribution in [1.82, 2.24) is 5.32 Å². The van der Waals surface area contributed by atoms with Crippen LogP contribution >= 0.6 is 0 Å². The van der Waals surface area contributed by atoms with Gasteiger partial charge < -0.3 is 14.8 Å². The maximum absolute atomic E-state index is 5.53. The van der Waals surface area contributed by atoms with E-state index in [1.165, 1.54) is 0 Å². The molecule has 3 heteroatoms. The smallest absolute Gasteiger partial charge is 0.127 e. The Bertz CT molecular complexity index is 388. The Balaban J connectivity index is 3.06. The Kier molecular flexibility index (Phi) is 6.34. The first-order chi connectivity index (χ1) is 9.42. The van der Waals surface area contributed by atoms with Gasteiger partial charge in [0.15, 0.2) is 0 Å². The molecular weight excluding hydrogens is 250 g/mol. The molecular formula is C17H29NO2. The molecule has 0 saturated carbocycles. The summed E-state index contributed by atoms with van der Waals surface area (Å²) in [6.07, 6.45) is 2.21. The van der Waals surface area contributed by atoms with E-state index in [2.05, 4.69) is 33.0 Å². The average Bonchev–Trinajstić information content (AvgIpc) is 2.41. The minimum atomic E-state index is 0.255. The first-order valence-corrected chi connectivity index (χ1v) is 7.37. The quantitative estimate of drug-likeness (QED) is 0.812. The van der Waals surface area contributed by atoms with Gasteiger partial charge in [0.05, 0.1) is 19.8 Å². The third kappa shape index (κ3) is 4.71. The van der Waals surface area contributed by atoms with Crippen LogP contribution in [-0.2, 0) is 0 Å². The van der Waals surface area contributed by atoms with Gasteiger partial charge in [0.1, 0.15) is 11.5 Å². The van der Waals surface area contributed by atoms with Crippen molar-refractivity contribution in [2.75, 3.05) is 20.8 Å². The van der Waals surface area contributed by atoms with Gasteiger partial charge in [-0.05, 0) is 36.9 Å². The summed E-state index contributed by atoms with van der Waals surface area (Å²) in [4.78, 5) is 0. The molecule has 1 atom stereocenters. The lowest BCUT2D eigenvalue weighted by Gasteiger charge is -2.26. The second-order valence-electron chi connectivity index (χ2n) is 6.29. The summed E-state index contributed by atoms with van der Waals surface area (Å²) in [6, 6.07) is 6.22. The lowest BCUT2D eigenvalue weighted by Crippen LogP contribution is -2.23. The SMILES string of the molecule is CCNC(CCC(C)(C)C)c1c(OC)cccc1OC. The zero-order valence-electron chi connectivity index (χ0n) is 13.7. The van der Waals surface area contributed by atoms with Crippen LogP contribution in [0.1, 0.15) is 52.1 Å². The van der Waals surface area contributed by atoms with E-state index in [1.54, 1.807) is 14.2 Å². The number of benzene rings is 1. The fourth-order valence-corrected chi connectivity index (χ4v) is 2.40. The van der Waals surface area contributed by atoms with Gasteiger partial charge in [-0.15, -0.1) is 0 Å². The molecule has 1 rings (SSSR count). The molecule has 1 unspecified atom stereocenters. The van der Waals surface area contributed by atoms with Gasteiger partial charge in [0, 0.05) is 6.04 Å². The van der Waals surface area contributed by atoms with Gasteiger partial charge in [0.25, 0.3) is 0 Å². The second-order valence-corrected chi connectivity index (χ2v) is 6.29. The molecule has 1 N–H and O–H groups in total. The predicted molar refractivity (Wildman–Crippen MR) is 84.7 cm³/mol. The maximum atomic E-state index is 5.53. The van der Waals surface area contributed by atoms with Crippen molar-refractivity contribution in [3.8, 4) is 11.5 Å². The first-order valence-electron chi connectivity index (χ1n) is 7.37. The van der Waals surface area contributed by atoms with E-state index in [4.69, 9.17) is 9.47 Å². The topological polar surface area (TPSA) is 30.5 Å². The van der Waals surface area contributed by atoms with Crippen LogP contribution in [0, 0.1) is 5.41 Å². The van der Waals surface area contributed by atoms with Gasteiger partial charge in [-0.25, -0.2) is 0 Å². The highest BCUT2D eigenvalue weighted by atomic mass is 16.5. The van der Waals surface area contributed by atoms with Crippen LogP contribution in [0.4, 0.5) is 0 Å². The normalized spacial score (nSPS) is 13.1. The fourth-order valence-electron chi connectivity index (χ4n) is 2.40. The van der Waals surface area contributed by atoms with E-state index in [1.807, 2.05) is 18.2 Å². The van der Waals surface area contributed by atoms with Crippen molar-refractivity contribution in [1.29, 1.82) is 0 Å². The van der Waals surface area contributed by atoms with Crippen LogP contribution in [0.25, 0.3) is 0 Å². The summed E-state index contributed by atoms with van der Waals surface area (Å²) in [5, 5.41) is 3.56. The van der Waals surface area contributed by atoms with Crippen molar-refractivity contribution in [2.24, 2.45) is 5.41 Å². The molecule has 0 saturated heterocycles. The van der Waals surface area contributed by atoms with Crippen LogP contribution < -0.4 is 14.8 Å². The Morgan fingerprint density at radius 1 is 1.10 bits per heavy atom. The van der Waals surface area contributed by atoms with Crippen LogP contribution in [0.5, 0.6) is 11.5 Å². The van der Waals surface area contributed by atoms with Gasteiger partial charge in [-0.2, -0.15) is 0 Å². The second kappa shape index (κ2) is 7.53. The maximum Gasteiger partial charge on any atom is 0.127 e. The highest BCUT2D eigenvalue weighted by molar-refractivity contribution is 5.47. The monoisotopic (exact) mass is 279 g/mol. The number of nitrogens with one attached hydrogen (secondary N) is 1. The van der Waals surface area contributed by atoms with E-state index in [0.29, 0.717) is 5.41 Å². The summed E-state index contributed by atoms with van der Waals surface area (Å²) in [6.45, 7) is 9.88. The molecule has 0 aliphatic heterocycles. The van der Waals surface area contributed by atoms with Crippen LogP contribution in [0.2, 0.25) is 0 Å².